The van der Waals surface area contributed by atoms with E-state index < -0.39 is 0 Å². The van der Waals surface area contributed by atoms with E-state index in [9.17, 15) is 0 Å². The van der Waals surface area contributed by atoms with Gasteiger partial charge in [0.25, 0.3) is 0 Å². The van der Waals surface area contributed by atoms with Crippen LogP contribution >= 0.6 is 11.6 Å². The zero-order valence-electron chi connectivity index (χ0n) is 12.6. The maximum absolute atomic E-state index is 6.25. The van der Waals surface area contributed by atoms with E-state index in [1.165, 1.54) is 49.7 Å². The van der Waals surface area contributed by atoms with Crippen molar-refractivity contribution in [3.05, 3.63) is 34.3 Å². The maximum atomic E-state index is 6.25. The summed E-state index contributed by atoms with van der Waals surface area (Å²) in [5.41, 5.74) is 2.60. The van der Waals surface area contributed by atoms with E-state index in [1.807, 2.05) is 6.07 Å². The first kappa shape index (κ1) is 16.5. The quantitative estimate of drug-likeness (QED) is 0.576. The Bertz CT molecular complexity index is 362. The molecule has 2 heteroatoms. The molecule has 0 aliphatic carbocycles. The summed E-state index contributed by atoms with van der Waals surface area (Å²) < 4.78 is 0. The molecule has 0 saturated carbocycles. The van der Waals surface area contributed by atoms with Crippen LogP contribution in [0.5, 0.6) is 0 Å². The second-order valence-corrected chi connectivity index (χ2v) is 5.72. The first-order valence-corrected chi connectivity index (χ1v) is 8.06. The Morgan fingerprint density at radius 2 is 1.89 bits per heavy atom. The molecule has 0 aromatic heterocycles. The lowest BCUT2D eigenvalue weighted by Crippen LogP contribution is -2.23. The van der Waals surface area contributed by atoms with Crippen LogP contribution in [0.2, 0.25) is 5.02 Å². The molecule has 1 N–H and O–H groups in total. The van der Waals surface area contributed by atoms with E-state index in [0.29, 0.717) is 6.04 Å². The van der Waals surface area contributed by atoms with Crippen molar-refractivity contribution in [1.82, 2.24) is 5.32 Å². The average molecular weight is 282 g/mol. The molecular formula is C17H28ClN. The third kappa shape index (κ3) is 5.54. The molecule has 0 heterocycles. The number of benzene rings is 1. The Morgan fingerprint density at radius 1 is 1.11 bits per heavy atom. The highest BCUT2D eigenvalue weighted by Crippen LogP contribution is 2.27. The number of rotatable bonds is 9. The molecule has 0 amide bonds. The predicted octanol–water partition coefficient (Wildman–Crippen LogP) is 5.66. The van der Waals surface area contributed by atoms with E-state index in [4.69, 9.17) is 11.6 Å². The molecule has 19 heavy (non-hydrogen) atoms. The predicted molar refractivity (Wildman–Crippen MR) is 86.0 cm³/mol. The molecule has 1 unspecified atom stereocenters. The average Bonchev–Trinajstić information content (AvgIpc) is 2.42. The topological polar surface area (TPSA) is 12.0 Å². The van der Waals surface area contributed by atoms with Crippen LogP contribution in [0, 0.1) is 6.92 Å². The van der Waals surface area contributed by atoms with E-state index in [2.05, 4.69) is 38.2 Å². The normalized spacial score (nSPS) is 12.6. The van der Waals surface area contributed by atoms with E-state index in [0.717, 1.165) is 11.6 Å². The van der Waals surface area contributed by atoms with Crippen molar-refractivity contribution in [2.24, 2.45) is 0 Å². The third-order valence-corrected chi connectivity index (χ3v) is 4.08. The summed E-state index contributed by atoms with van der Waals surface area (Å²) in [7, 11) is 0. The van der Waals surface area contributed by atoms with Crippen molar-refractivity contribution < 1.29 is 0 Å². The second-order valence-electron chi connectivity index (χ2n) is 5.31. The molecular weight excluding hydrogens is 254 g/mol. The van der Waals surface area contributed by atoms with Gasteiger partial charge in [-0.25, -0.2) is 0 Å². The van der Waals surface area contributed by atoms with Crippen LogP contribution < -0.4 is 5.32 Å². The molecule has 0 aliphatic heterocycles. The van der Waals surface area contributed by atoms with Gasteiger partial charge >= 0.3 is 0 Å². The molecule has 1 aromatic carbocycles. The fourth-order valence-corrected chi connectivity index (χ4v) is 2.64. The molecule has 108 valence electrons. The fraction of sp³-hybridized carbons (Fsp3) is 0.647. The fourth-order valence-electron chi connectivity index (χ4n) is 2.46. The molecule has 1 nitrogen and oxygen atoms in total. The summed E-state index contributed by atoms with van der Waals surface area (Å²) in [6.07, 6.45) is 7.64. The van der Waals surface area contributed by atoms with Gasteiger partial charge < -0.3 is 5.32 Å². The molecule has 0 aliphatic rings. The lowest BCUT2D eigenvalue weighted by atomic mass is 9.96. The van der Waals surface area contributed by atoms with Crippen molar-refractivity contribution in [2.75, 3.05) is 6.54 Å². The first-order valence-electron chi connectivity index (χ1n) is 7.69. The number of hydrogen-bond donors (Lipinski definition) is 1. The highest BCUT2D eigenvalue weighted by Gasteiger charge is 2.13. The van der Waals surface area contributed by atoms with Crippen LogP contribution in [0.15, 0.2) is 18.2 Å². The lowest BCUT2D eigenvalue weighted by Gasteiger charge is -2.21. The van der Waals surface area contributed by atoms with Gasteiger partial charge in [0.2, 0.25) is 0 Å². The number of unbranched alkanes of at least 4 members (excludes halogenated alkanes) is 3. The Hall–Kier alpha value is -0.530. The van der Waals surface area contributed by atoms with Gasteiger partial charge in [0.15, 0.2) is 0 Å². The molecule has 0 spiro atoms. The minimum atomic E-state index is 0.454. The minimum absolute atomic E-state index is 0.454. The highest BCUT2D eigenvalue weighted by molar-refractivity contribution is 6.31. The second kappa shape index (κ2) is 9.39. The summed E-state index contributed by atoms with van der Waals surface area (Å²) in [5.74, 6) is 0. The van der Waals surface area contributed by atoms with Gasteiger partial charge in [-0.3, -0.25) is 0 Å². The zero-order chi connectivity index (χ0) is 14.1. The highest BCUT2D eigenvalue weighted by atomic mass is 35.5. The Kier molecular flexibility index (Phi) is 8.16. The van der Waals surface area contributed by atoms with Crippen molar-refractivity contribution >= 4 is 11.6 Å². The maximum Gasteiger partial charge on any atom is 0.0438 e. The summed E-state index contributed by atoms with van der Waals surface area (Å²) in [6.45, 7) is 7.68. The Labute approximate surface area is 123 Å². The van der Waals surface area contributed by atoms with Crippen LogP contribution in [0.25, 0.3) is 0 Å². The smallest absolute Gasteiger partial charge is 0.0438 e. The van der Waals surface area contributed by atoms with Crippen LogP contribution in [-0.2, 0) is 0 Å². The zero-order valence-corrected chi connectivity index (χ0v) is 13.4. The van der Waals surface area contributed by atoms with Gasteiger partial charge in [0, 0.05) is 11.1 Å². The molecule has 0 fully saturated rings. The molecule has 0 bridgehead atoms. The number of nitrogens with one attached hydrogen (secondary N) is 1. The van der Waals surface area contributed by atoms with Crippen molar-refractivity contribution in [1.29, 1.82) is 0 Å². The third-order valence-electron chi connectivity index (χ3n) is 3.67. The van der Waals surface area contributed by atoms with Gasteiger partial charge in [-0.15, -0.1) is 0 Å². The molecule has 1 rings (SSSR count). The molecule has 1 aromatic rings. The minimum Gasteiger partial charge on any atom is -0.310 e. The van der Waals surface area contributed by atoms with Crippen LogP contribution in [0.4, 0.5) is 0 Å². The van der Waals surface area contributed by atoms with Gasteiger partial charge in [-0.05, 0) is 43.5 Å². The van der Waals surface area contributed by atoms with Crippen molar-refractivity contribution in [2.45, 2.75) is 65.3 Å². The summed E-state index contributed by atoms with van der Waals surface area (Å²) in [5, 5.41) is 4.56. The van der Waals surface area contributed by atoms with Crippen LogP contribution in [0.1, 0.15) is 69.5 Å². The molecule has 1 atom stereocenters. The van der Waals surface area contributed by atoms with Gasteiger partial charge in [0.05, 0.1) is 0 Å². The van der Waals surface area contributed by atoms with Crippen LogP contribution in [-0.4, -0.2) is 6.54 Å². The first-order chi connectivity index (χ1) is 9.20. The Balaban J connectivity index is 2.69. The standard InChI is InChI=1S/C17H28ClN/c1-4-6-7-8-12-17(19-13-5-2)15-10-9-11-16(18)14(15)3/h9-11,17,19H,4-8,12-13H2,1-3H3. The van der Waals surface area contributed by atoms with E-state index in [-0.39, 0.29) is 0 Å². The largest absolute Gasteiger partial charge is 0.310 e. The van der Waals surface area contributed by atoms with Crippen molar-refractivity contribution in [3.8, 4) is 0 Å². The molecule has 0 saturated heterocycles. The summed E-state index contributed by atoms with van der Waals surface area (Å²) >= 11 is 6.25. The van der Waals surface area contributed by atoms with Gasteiger partial charge in [-0.1, -0.05) is 63.3 Å². The number of hydrogen-bond acceptors (Lipinski definition) is 1. The lowest BCUT2D eigenvalue weighted by molar-refractivity contribution is 0.469. The summed E-state index contributed by atoms with van der Waals surface area (Å²) in [4.78, 5) is 0. The van der Waals surface area contributed by atoms with Crippen LogP contribution in [0.3, 0.4) is 0 Å². The SMILES string of the molecule is CCCCCCC(NCCC)c1cccc(Cl)c1C. The van der Waals surface area contributed by atoms with Gasteiger partial charge in [-0.2, -0.15) is 0 Å². The van der Waals surface area contributed by atoms with Gasteiger partial charge in [0.1, 0.15) is 0 Å². The summed E-state index contributed by atoms with van der Waals surface area (Å²) in [6, 6.07) is 6.72. The monoisotopic (exact) mass is 281 g/mol. The van der Waals surface area contributed by atoms with E-state index in [1.54, 1.807) is 0 Å². The Morgan fingerprint density at radius 3 is 2.58 bits per heavy atom. The number of halogens is 1. The molecule has 0 radical (unpaired) electrons. The van der Waals surface area contributed by atoms with Crippen molar-refractivity contribution in [3.63, 3.8) is 0 Å². The van der Waals surface area contributed by atoms with E-state index >= 15 is 0 Å².